The van der Waals surface area contributed by atoms with Gasteiger partial charge >= 0.3 is 11.9 Å². The number of hydrogen-bond acceptors (Lipinski definition) is 6. The molecule has 0 saturated heterocycles. The Bertz CT molecular complexity index is 933. The van der Waals surface area contributed by atoms with E-state index in [9.17, 15) is 14.4 Å². The van der Waals surface area contributed by atoms with Crippen LogP contribution in [0.3, 0.4) is 0 Å². The van der Waals surface area contributed by atoms with E-state index < -0.39 is 23.8 Å². The van der Waals surface area contributed by atoms with E-state index in [0.29, 0.717) is 23.3 Å². The summed E-state index contributed by atoms with van der Waals surface area (Å²) in [5.41, 5.74) is 3.00. The van der Waals surface area contributed by atoms with Gasteiger partial charge in [-0.1, -0.05) is 35.0 Å². The number of methoxy groups -OCH3 is 1. The van der Waals surface area contributed by atoms with E-state index in [1.165, 1.54) is 7.11 Å². The minimum Gasteiger partial charge on any atom is -0.468 e. The first kappa shape index (κ1) is 21.3. The minimum absolute atomic E-state index is 0.207. The number of hydrogen-bond donors (Lipinski definition) is 1. The molecule has 6 nitrogen and oxygen atoms in total. The van der Waals surface area contributed by atoms with E-state index in [2.05, 4.69) is 21.2 Å². The quantitative estimate of drug-likeness (QED) is 0.544. The van der Waals surface area contributed by atoms with Gasteiger partial charge in [0, 0.05) is 27.4 Å². The number of ether oxygens (including phenoxy) is 2. The van der Waals surface area contributed by atoms with Crippen molar-refractivity contribution in [3.63, 3.8) is 0 Å². The number of rotatable bonds is 4. The van der Waals surface area contributed by atoms with Crippen molar-refractivity contribution in [3.05, 3.63) is 56.8 Å². The number of halogens is 1. The Morgan fingerprint density at radius 1 is 1.31 bits per heavy atom. The van der Waals surface area contributed by atoms with E-state index in [4.69, 9.17) is 9.47 Å². The third-order valence-corrected chi connectivity index (χ3v) is 5.91. The van der Waals surface area contributed by atoms with Gasteiger partial charge in [-0.05, 0) is 43.9 Å². The highest BCUT2D eigenvalue weighted by Gasteiger charge is 2.47. The zero-order valence-electron chi connectivity index (χ0n) is 16.9. The van der Waals surface area contributed by atoms with Crippen molar-refractivity contribution >= 4 is 33.7 Å². The molecule has 1 aliphatic carbocycles. The van der Waals surface area contributed by atoms with Crippen LogP contribution in [0.1, 0.15) is 38.7 Å². The molecule has 154 valence electrons. The number of esters is 2. The zero-order valence-corrected chi connectivity index (χ0v) is 18.5. The molecule has 1 heterocycles. The highest BCUT2D eigenvalue weighted by molar-refractivity contribution is 9.10. The molecule has 0 saturated carbocycles. The summed E-state index contributed by atoms with van der Waals surface area (Å²) in [6.07, 6.45) is 0.513. The molecular formula is C22H24BrNO5. The normalized spacial score (nSPS) is 24.0. The minimum atomic E-state index is -0.892. The maximum absolute atomic E-state index is 13.5. The van der Waals surface area contributed by atoms with E-state index >= 15 is 0 Å². The standard InChI is InChI=1S/C22H24BrNO5/c1-5-29-22(27)17-12(3)24-15-9-11(2)16(21(26)28-4)20(25)19(15)18(17)13-7-6-8-14(23)10-13/h6-8,10-11,16,18,24H,5,9H2,1-4H3/t11-,16+,18+/m1/s1. The fourth-order valence-corrected chi connectivity index (χ4v) is 4.60. The predicted molar refractivity (Wildman–Crippen MR) is 111 cm³/mol. The maximum Gasteiger partial charge on any atom is 0.336 e. The second-order valence-electron chi connectivity index (χ2n) is 7.31. The number of Topliss-reactive ketones (excluding diaryl/α,β-unsaturated/α-hetero) is 1. The molecule has 3 rings (SSSR count). The van der Waals surface area contributed by atoms with Gasteiger partial charge in [-0.2, -0.15) is 0 Å². The first-order chi connectivity index (χ1) is 13.8. The van der Waals surface area contributed by atoms with Gasteiger partial charge in [0.05, 0.1) is 19.3 Å². The summed E-state index contributed by atoms with van der Waals surface area (Å²) in [7, 11) is 1.28. The SMILES string of the molecule is CCOC(=O)C1=C(C)NC2=C(C(=O)[C@@H](C(=O)OC)[C@H](C)C2)[C@H]1c1cccc(Br)c1. The lowest BCUT2D eigenvalue weighted by Gasteiger charge is -2.38. The van der Waals surface area contributed by atoms with Gasteiger partial charge in [0.1, 0.15) is 5.92 Å². The molecule has 0 unspecified atom stereocenters. The van der Waals surface area contributed by atoms with Crippen LogP contribution >= 0.6 is 15.9 Å². The second-order valence-corrected chi connectivity index (χ2v) is 8.23. The van der Waals surface area contributed by atoms with Crippen LogP contribution < -0.4 is 5.32 Å². The number of ketones is 1. The molecule has 1 N–H and O–H groups in total. The van der Waals surface area contributed by atoms with Crippen LogP contribution in [0, 0.1) is 11.8 Å². The summed E-state index contributed by atoms with van der Waals surface area (Å²) in [5, 5.41) is 3.23. The van der Waals surface area contributed by atoms with Crippen LogP contribution in [0.25, 0.3) is 0 Å². The van der Waals surface area contributed by atoms with Crippen molar-refractivity contribution in [3.8, 4) is 0 Å². The number of carbonyl (C=O) groups excluding carboxylic acids is 3. The summed E-state index contributed by atoms with van der Waals surface area (Å²) in [6.45, 7) is 5.63. The third-order valence-electron chi connectivity index (χ3n) is 5.42. The monoisotopic (exact) mass is 461 g/mol. The summed E-state index contributed by atoms with van der Waals surface area (Å²) in [5.74, 6) is -3.05. The predicted octanol–water partition coefficient (Wildman–Crippen LogP) is 3.63. The molecule has 3 atom stereocenters. The Morgan fingerprint density at radius 3 is 2.66 bits per heavy atom. The highest BCUT2D eigenvalue weighted by Crippen LogP contribution is 2.45. The summed E-state index contributed by atoms with van der Waals surface area (Å²) < 4.78 is 11.0. The average molecular weight is 462 g/mol. The fraction of sp³-hybridized carbons (Fsp3) is 0.409. The lowest BCUT2D eigenvalue weighted by Crippen LogP contribution is -2.43. The Morgan fingerprint density at radius 2 is 2.03 bits per heavy atom. The van der Waals surface area contributed by atoms with Crippen molar-refractivity contribution in [1.29, 1.82) is 0 Å². The number of carbonyl (C=O) groups is 3. The van der Waals surface area contributed by atoms with Gasteiger partial charge < -0.3 is 14.8 Å². The van der Waals surface area contributed by atoms with Gasteiger partial charge in [0.15, 0.2) is 5.78 Å². The molecule has 7 heteroatoms. The van der Waals surface area contributed by atoms with Crippen molar-refractivity contribution in [1.82, 2.24) is 5.32 Å². The van der Waals surface area contributed by atoms with Gasteiger partial charge in [0.25, 0.3) is 0 Å². The van der Waals surface area contributed by atoms with Crippen LogP contribution in [0.5, 0.6) is 0 Å². The van der Waals surface area contributed by atoms with Crippen molar-refractivity contribution in [2.24, 2.45) is 11.8 Å². The van der Waals surface area contributed by atoms with Crippen LogP contribution in [0.4, 0.5) is 0 Å². The molecule has 1 aliphatic heterocycles. The smallest absolute Gasteiger partial charge is 0.336 e. The van der Waals surface area contributed by atoms with Crippen LogP contribution in [0.15, 0.2) is 51.3 Å². The molecule has 1 aromatic carbocycles. The highest BCUT2D eigenvalue weighted by atomic mass is 79.9. The molecule has 0 aromatic heterocycles. The summed E-state index contributed by atoms with van der Waals surface area (Å²) in [6, 6.07) is 7.48. The Balaban J connectivity index is 2.19. The number of allylic oxidation sites excluding steroid dienone is 3. The molecule has 0 radical (unpaired) electrons. The first-order valence-corrected chi connectivity index (χ1v) is 10.3. The van der Waals surface area contributed by atoms with E-state index in [1.807, 2.05) is 38.1 Å². The largest absolute Gasteiger partial charge is 0.468 e. The second kappa shape index (κ2) is 8.53. The summed E-state index contributed by atoms with van der Waals surface area (Å²) in [4.78, 5) is 38.7. The average Bonchev–Trinajstić information content (AvgIpc) is 2.66. The molecule has 1 aromatic rings. The molecule has 0 fully saturated rings. The third kappa shape index (κ3) is 3.88. The Labute approximate surface area is 178 Å². The zero-order chi connectivity index (χ0) is 21.3. The molecule has 29 heavy (non-hydrogen) atoms. The Hall–Kier alpha value is -2.41. The van der Waals surface area contributed by atoms with Gasteiger partial charge in [0.2, 0.25) is 0 Å². The van der Waals surface area contributed by atoms with E-state index in [1.54, 1.807) is 6.92 Å². The van der Waals surface area contributed by atoms with Gasteiger partial charge in [-0.3, -0.25) is 9.59 Å². The van der Waals surface area contributed by atoms with Crippen molar-refractivity contribution < 1.29 is 23.9 Å². The van der Waals surface area contributed by atoms with Gasteiger partial charge in [-0.15, -0.1) is 0 Å². The van der Waals surface area contributed by atoms with Crippen LogP contribution in [0.2, 0.25) is 0 Å². The Kier molecular flexibility index (Phi) is 6.27. The number of benzene rings is 1. The van der Waals surface area contributed by atoms with Crippen LogP contribution in [-0.4, -0.2) is 31.4 Å². The molecular weight excluding hydrogens is 438 g/mol. The fourth-order valence-electron chi connectivity index (χ4n) is 4.18. The van der Waals surface area contributed by atoms with E-state index in [-0.39, 0.29) is 18.3 Å². The molecule has 2 aliphatic rings. The number of dihydropyridines is 1. The van der Waals surface area contributed by atoms with E-state index in [0.717, 1.165) is 15.7 Å². The molecule has 0 amide bonds. The topological polar surface area (TPSA) is 81.7 Å². The molecule has 0 bridgehead atoms. The summed E-state index contributed by atoms with van der Waals surface area (Å²) >= 11 is 3.47. The maximum atomic E-state index is 13.5. The van der Waals surface area contributed by atoms with Crippen molar-refractivity contribution in [2.75, 3.05) is 13.7 Å². The molecule has 0 spiro atoms. The number of nitrogens with one attached hydrogen (secondary N) is 1. The van der Waals surface area contributed by atoms with Crippen LogP contribution in [-0.2, 0) is 23.9 Å². The lowest BCUT2D eigenvalue weighted by molar-refractivity contribution is -0.151. The van der Waals surface area contributed by atoms with Gasteiger partial charge in [-0.25, -0.2) is 4.79 Å². The lowest BCUT2D eigenvalue weighted by atomic mass is 9.69. The van der Waals surface area contributed by atoms with Crippen molar-refractivity contribution in [2.45, 2.75) is 33.1 Å². The first-order valence-electron chi connectivity index (χ1n) is 9.55.